The number of hydrogen-bond donors (Lipinski definition) is 2. The van der Waals surface area contributed by atoms with Gasteiger partial charge in [-0.1, -0.05) is 30.3 Å². The van der Waals surface area contributed by atoms with E-state index in [0.717, 1.165) is 36.2 Å². The quantitative estimate of drug-likeness (QED) is 0.299. The van der Waals surface area contributed by atoms with E-state index >= 15 is 0 Å². The molecule has 0 aliphatic rings. The predicted octanol–water partition coefficient (Wildman–Crippen LogP) is 2.74. The fraction of sp³-hybridized carbons (Fsp3) is 0.412. The van der Waals surface area contributed by atoms with Crippen LogP contribution in [0.2, 0.25) is 0 Å². The summed E-state index contributed by atoms with van der Waals surface area (Å²) in [6.07, 6.45) is 1.86. The topological polar surface area (TPSA) is 65.5 Å². The van der Waals surface area contributed by atoms with Gasteiger partial charge in [-0.2, -0.15) is 0 Å². The minimum atomic E-state index is 0. The smallest absolute Gasteiger partial charge is 0.193 e. The Hall–Kier alpha value is -1.61. The highest BCUT2D eigenvalue weighted by atomic mass is 127. The molecule has 0 aliphatic carbocycles. The number of aliphatic imine (C=N–C) groups is 1. The van der Waals surface area contributed by atoms with Gasteiger partial charge in [-0.3, -0.25) is 4.99 Å². The molecule has 0 spiro atoms. The third-order valence-corrected chi connectivity index (χ3v) is 3.41. The van der Waals surface area contributed by atoms with Crippen LogP contribution in [-0.2, 0) is 11.3 Å². The van der Waals surface area contributed by atoms with Crippen LogP contribution in [0.5, 0.6) is 0 Å². The van der Waals surface area contributed by atoms with Gasteiger partial charge in [-0.05, 0) is 12.5 Å². The van der Waals surface area contributed by atoms with Crippen LogP contribution in [0, 0.1) is 0 Å². The van der Waals surface area contributed by atoms with E-state index < -0.39 is 0 Å². The number of imidazole rings is 1. The van der Waals surface area contributed by atoms with Gasteiger partial charge in [0.15, 0.2) is 5.96 Å². The Bertz CT molecular complexity index is 614. The van der Waals surface area contributed by atoms with Gasteiger partial charge < -0.3 is 19.9 Å². The molecule has 0 saturated heterocycles. The summed E-state index contributed by atoms with van der Waals surface area (Å²) in [6.45, 7) is 4.77. The Morgan fingerprint density at radius 3 is 2.75 bits per heavy atom. The molecule has 0 unspecified atom stereocenters. The summed E-state index contributed by atoms with van der Waals surface area (Å²) >= 11 is 0. The van der Waals surface area contributed by atoms with Crippen LogP contribution in [0.1, 0.15) is 12.7 Å². The maximum Gasteiger partial charge on any atom is 0.193 e. The van der Waals surface area contributed by atoms with E-state index in [0.29, 0.717) is 13.2 Å². The Balaban J connectivity index is 0.00000288. The van der Waals surface area contributed by atoms with Crippen molar-refractivity contribution in [2.24, 2.45) is 4.99 Å². The van der Waals surface area contributed by atoms with E-state index in [1.165, 1.54) is 0 Å². The number of H-pyrrole nitrogens is 1. The molecule has 0 fully saturated rings. The lowest BCUT2D eigenvalue weighted by atomic mass is 10.2. The number of halogens is 1. The van der Waals surface area contributed by atoms with Crippen molar-refractivity contribution in [3.8, 4) is 11.3 Å². The van der Waals surface area contributed by atoms with Crippen LogP contribution < -0.4 is 5.32 Å². The molecule has 2 rings (SSSR count). The zero-order valence-electron chi connectivity index (χ0n) is 14.5. The fourth-order valence-electron chi connectivity index (χ4n) is 2.27. The van der Waals surface area contributed by atoms with Crippen molar-refractivity contribution in [3.05, 3.63) is 42.4 Å². The van der Waals surface area contributed by atoms with E-state index in [1.54, 1.807) is 7.05 Å². The minimum absolute atomic E-state index is 0. The highest BCUT2D eigenvalue weighted by molar-refractivity contribution is 14.0. The molecule has 6 nitrogen and oxygen atoms in total. The van der Waals surface area contributed by atoms with Crippen molar-refractivity contribution < 1.29 is 4.74 Å². The first-order valence-electron chi connectivity index (χ1n) is 7.83. The molecule has 0 radical (unpaired) electrons. The Kier molecular flexibility index (Phi) is 9.39. The number of aromatic amines is 1. The van der Waals surface area contributed by atoms with E-state index in [1.807, 2.05) is 43.3 Å². The third-order valence-electron chi connectivity index (χ3n) is 3.41. The molecule has 0 saturated carbocycles. The van der Waals surface area contributed by atoms with Crippen molar-refractivity contribution in [3.63, 3.8) is 0 Å². The van der Waals surface area contributed by atoms with Gasteiger partial charge in [0.1, 0.15) is 5.82 Å². The molecular weight excluding hydrogens is 417 g/mol. The first-order valence-corrected chi connectivity index (χ1v) is 7.83. The van der Waals surface area contributed by atoms with Crippen LogP contribution in [0.15, 0.2) is 41.5 Å². The maximum atomic E-state index is 5.32. The molecule has 0 aliphatic heterocycles. The third kappa shape index (κ3) is 6.12. The molecule has 0 atom stereocenters. The average Bonchev–Trinajstić information content (AvgIpc) is 3.04. The monoisotopic (exact) mass is 443 g/mol. The highest BCUT2D eigenvalue weighted by Crippen LogP contribution is 2.16. The lowest BCUT2D eigenvalue weighted by Gasteiger charge is -2.21. The Labute approximate surface area is 160 Å². The first-order chi connectivity index (χ1) is 11.2. The summed E-state index contributed by atoms with van der Waals surface area (Å²) in [4.78, 5) is 14.1. The second kappa shape index (κ2) is 11.0. The molecule has 7 heteroatoms. The van der Waals surface area contributed by atoms with Crippen LogP contribution in [-0.4, -0.2) is 54.7 Å². The molecule has 1 aromatic carbocycles. The highest BCUT2D eigenvalue weighted by Gasteiger charge is 2.09. The SMILES string of the molecule is CCOCCNC(=NC)N(C)Cc1ncc(-c2ccccc2)[nH]1.I. The fourth-order valence-corrected chi connectivity index (χ4v) is 2.27. The Morgan fingerprint density at radius 1 is 1.33 bits per heavy atom. The summed E-state index contributed by atoms with van der Waals surface area (Å²) in [6, 6.07) is 10.2. The number of ether oxygens (including phenoxy) is 1. The van der Waals surface area contributed by atoms with Crippen LogP contribution >= 0.6 is 24.0 Å². The van der Waals surface area contributed by atoms with E-state index in [9.17, 15) is 0 Å². The summed E-state index contributed by atoms with van der Waals surface area (Å²) < 4.78 is 5.32. The average molecular weight is 443 g/mol. The van der Waals surface area contributed by atoms with Crippen LogP contribution in [0.25, 0.3) is 11.3 Å². The summed E-state index contributed by atoms with van der Waals surface area (Å²) in [5.74, 6) is 1.72. The van der Waals surface area contributed by atoms with Gasteiger partial charge in [0.2, 0.25) is 0 Å². The number of benzene rings is 1. The second-order valence-corrected chi connectivity index (χ2v) is 5.14. The zero-order chi connectivity index (χ0) is 16.5. The number of hydrogen-bond acceptors (Lipinski definition) is 3. The minimum Gasteiger partial charge on any atom is -0.380 e. The normalized spacial score (nSPS) is 11.0. The number of guanidine groups is 1. The molecule has 24 heavy (non-hydrogen) atoms. The molecule has 2 aromatic rings. The molecule has 1 aromatic heterocycles. The second-order valence-electron chi connectivity index (χ2n) is 5.14. The van der Waals surface area contributed by atoms with E-state index in [-0.39, 0.29) is 24.0 Å². The summed E-state index contributed by atoms with van der Waals surface area (Å²) in [7, 11) is 3.76. The van der Waals surface area contributed by atoms with Crippen molar-refractivity contribution in [2.75, 3.05) is 33.9 Å². The maximum absolute atomic E-state index is 5.32. The number of rotatable bonds is 7. The molecule has 1 heterocycles. The van der Waals surface area contributed by atoms with Gasteiger partial charge >= 0.3 is 0 Å². The predicted molar refractivity (Wildman–Crippen MR) is 109 cm³/mol. The summed E-state index contributed by atoms with van der Waals surface area (Å²) in [5.41, 5.74) is 2.15. The molecule has 2 N–H and O–H groups in total. The van der Waals surface area contributed by atoms with Crippen molar-refractivity contribution in [1.82, 2.24) is 20.2 Å². The lowest BCUT2D eigenvalue weighted by Crippen LogP contribution is -2.40. The first kappa shape index (κ1) is 20.4. The van der Waals surface area contributed by atoms with Gasteiger partial charge in [0.05, 0.1) is 25.0 Å². The standard InChI is InChI=1S/C17H25N5O.HI/c1-4-23-11-10-19-17(18-2)22(3)13-16-20-12-15(21-16)14-8-6-5-7-9-14;/h5-9,12H,4,10-11,13H2,1-3H3,(H,18,19)(H,20,21);1H. The zero-order valence-corrected chi connectivity index (χ0v) is 16.8. The van der Waals surface area contributed by atoms with Crippen LogP contribution in [0.4, 0.5) is 0 Å². The van der Waals surface area contributed by atoms with Gasteiger partial charge in [-0.15, -0.1) is 24.0 Å². The largest absolute Gasteiger partial charge is 0.380 e. The summed E-state index contributed by atoms with van der Waals surface area (Å²) in [5, 5.41) is 3.27. The van der Waals surface area contributed by atoms with E-state index in [2.05, 4.69) is 32.4 Å². The van der Waals surface area contributed by atoms with Crippen molar-refractivity contribution in [1.29, 1.82) is 0 Å². The molecular formula is C17H26IN5O. The Morgan fingerprint density at radius 2 is 2.08 bits per heavy atom. The molecule has 0 bridgehead atoms. The van der Waals surface area contributed by atoms with Crippen molar-refractivity contribution >= 4 is 29.9 Å². The van der Waals surface area contributed by atoms with Crippen molar-refractivity contribution in [2.45, 2.75) is 13.5 Å². The number of nitrogens with one attached hydrogen (secondary N) is 2. The van der Waals surface area contributed by atoms with E-state index in [4.69, 9.17) is 4.74 Å². The number of aromatic nitrogens is 2. The van der Waals surface area contributed by atoms with Gasteiger partial charge in [-0.25, -0.2) is 4.98 Å². The van der Waals surface area contributed by atoms with Gasteiger partial charge in [0.25, 0.3) is 0 Å². The van der Waals surface area contributed by atoms with Crippen LogP contribution in [0.3, 0.4) is 0 Å². The van der Waals surface area contributed by atoms with Gasteiger partial charge in [0, 0.05) is 27.2 Å². The molecule has 0 amide bonds. The lowest BCUT2D eigenvalue weighted by molar-refractivity contribution is 0.152. The number of nitrogens with zero attached hydrogens (tertiary/aromatic N) is 3. The molecule has 132 valence electrons.